The lowest BCUT2D eigenvalue weighted by atomic mass is 9.74. The van der Waals surface area contributed by atoms with Gasteiger partial charge in [0.2, 0.25) is 0 Å². The average molecular weight is 749 g/mol. The summed E-state index contributed by atoms with van der Waals surface area (Å²) in [4.78, 5) is 16.7. The van der Waals surface area contributed by atoms with Gasteiger partial charge in [0.25, 0.3) is 0 Å². The van der Waals surface area contributed by atoms with Gasteiger partial charge in [-0.15, -0.1) is 12.4 Å². The van der Waals surface area contributed by atoms with Crippen molar-refractivity contribution >= 4 is 30.5 Å². The van der Waals surface area contributed by atoms with Crippen LogP contribution in [0.25, 0.3) is 34.9 Å². The van der Waals surface area contributed by atoms with Crippen molar-refractivity contribution in [2.45, 2.75) is 31.6 Å². The van der Waals surface area contributed by atoms with Gasteiger partial charge < -0.3 is 27.2 Å². The molecule has 10 heteroatoms. The zero-order valence-corrected chi connectivity index (χ0v) is 31.2. The molecule has 272 valence electrons. The van der Waals surface area contributed by atoms with E-state index in [1.807, 2.05) is 101 Å². The maximum absolute atomic E-state index is 10.8. The number of aromatic nitrogens is 4. The van der Waals surface area contributed by atoms with E-state index < -0.39 is 5.97 Å². The van der Waals surface area contributed by atoms with E-state index in [9.17, 15) is 4.79 Å². The molecule has 0 atom stereocenters. The number of hydrogen-bond acceptors (Lipinski definition) is 5. The number of tetrazole rings is 1. The number of aliphatic carboxylic acids is 1. The maximum atomic E-state index is 10.8. The van der Waals surface area contributed by atoms with E-state index in [2.05, 4.69) is 66.4 Å². The molecule has 1 aromatic heterocycles. The monoisotopic (exact) mass is 747 g/mol. The summed E-state index contributed by atoms with van der Waals surface area (Å²) in [6.07, 6.45) is 6.55. The van der Waals surface area contributed by atoms with Crippen LogP contribution in [0.5, 0.6) is 5.75 Å². The number of benzene rings is 5. The van der Waals surface area contributed by atoms with Crippen LogP contribution in [0, 0.1) is 6.92 Å². The van der Waals surface area contributed by atoms with E-state index >= 15 is 0 Å². The Morgan fingerprint density at radius 3 is 2.13 bits per heavy atom. The summed E-state index contributed by atoms with van der Waals surface area (Å²) in [5.41, 5.74) is 7.94. The third-order valence-corrected chi connectivity index (χ3v) is 9.61. The molecule has 2 aliphatic heterocycles. The van der Waals surface area contributed by atoms with E-state index in [1.54, 1.807) is 0 Å². The highest BCUT2D eigenvalue weighted by Gasteiger charge is 2.43. The molecule has 0 amide bonds. The second kappa shape index (κ2) is 18.0. The van der Waals surface area contributed by atoms with Crippen molar-refractivity contribution in [2.24, 2.45) is 0 Å². The fourth-order valence-corrected chi connectivity index (χ4v) is 6.78. The zero-order valence-electron chi connectivity index (χ0n) is 29.6. The van der Waals surface area contributed by atoms with E-state index in [0.29, 0.717) is 12.4 Å². The van der Waals surface area contributed by atoms with Crippen LogP contribution in [0.15, 0.2) is 133 Å². The first kappa shape index (κ1) is 38.9. The van der Waals surface area contributed by atoms with E-state index in [4.69, 9.17) is 20.0 Å². The number of piperidine rings is 1. The standard InChI is InChI=1S/C24H27NO3.C19H15N4.2ClH/c1-18-3-2-4-19(15-18)5-6-20-7-8-21-22(16-20)28-17-24(21)10-13-25(14-11-24)12-9-23(26)27;1-4-10-16(11-5-1)19-20-22(17-12-6-2-7-13-17)23(21-19)18-14-8-3-9-15-18;;/h2-8,15-16H,9-14,17H2,1H3,(H,26,27);1-15H;2*1H/q;+1;;/p-1/b6-5+;;;. The number of carbonyl (C=O) groups is 1. The molecule has 0 saturated carbocycles. The van der Waals surface area contributed by atoms with Gasteiger partial charge in [-0.3, -0.25) is 4.79 Å². The first-order chi connectivity index (χ1) is 25.0. The summed E-state index contributed by atoms with van der Waals surface area (Å²) >= 11 is 0. The van der Waals surface area contributed by atoms with Gasteiger partial charge in [-0.25, -0.2) is 0 Å². The number of aryl methyl sites for hydroxylation is 1. The normalized spacial score (nSPS) is 14.3. The first-order valence-corrected chi connectivity index (χ1v) is 17.5. The number of likely N-dealkylation sites (tertiary alicyclic amines) is 1. The van der Waals surface area contributed by atoms with Crippen molar-refractivity contribution in [3.8, 4) is 28.5 Å². The Morgan fingerprint density at radius 2 is 1.47 bits per heavy atom. The van der Waals surface area contributed by atoms with Gasteiger partial charge in [0.1, 0.15) is 11.4 Å². The minimum absolute atomic E-state index is 0. The Kier molecular flexibility index (Phi) is 13.2. The van der Waals surface area contributed by atoms with Gasteiger partial charge in [0.05, 0.1) is 23.7 Å². The third-order valence-electron chi connectivity index (χ3n) is 9.61. The SMILES string of the molecule is Cc1cccc(/C=C/c2ccc3c(c2)OCC32CCN(CCC(=O)O)CC2)c1.Cl.[Cl-].c1ccc(-c2nn(-c3ccccc3)[n+](-c3ccccc3)n2)cc1. The summed E-state index contributed by atoms with van der Waals surface area (Å²) in [7, 11) is 0. The zero-order chi connectivity index (χ0) is 35.0. The lowest BCUT2D eigenvalue weighted by Crippen LogP contribution is -3.00. The van der Waals surface area contributed by atoms with Crippen molar-refractivity contribution < 1.29 is 31.8 Å². The summed E-state index contributed by atoms with van der Waals surface area (Å²) in [5.74, 6) is 0.977. The Labute approximate surface area is 323 Å². The second-order valence-corrected chi connectivity index (χ2v) is 13.2. The number of hydrogen-bond donors (Lipinski definition) is 1. The van der Waals surface area contributed by atoms with Gasteiger partial charge in [0, 0.05) is 22.3 Å². The largest absolute Gasteiger partial charge is 1.00 e. The Bertz CT molecular complexity index is 2060. The van der Waals surface area contributed by atoms with Gasteiger partial charge in [-0.05, 0) is 96.3 Å². The van der Waals surface area contributed by atoms with Crippen molar-refractivity contribution in [1.82, 2.24) is 19.9 Å². The Morgan fingerprint density at radius 1 is 0.830 bits per heavy atom. The van der Waals surface area contributed by atoms with Gasteiger partial charge >= 0.3 is 11.8 Å². The summed E-state index contributed by atoms with van der Waals surface area (Å²) in [6.45, 7) is 5.35. The maximum Gasteiger partial charge on any atom is 0.340 e. The van der Waals surface area contributed by atoms with Gasteiger partial charge in [-0.2, -0.15) is 0 Å². The van der Waals surface area contributed by atoms with E-state index in [0.717, 1.165) is 60.8 Å². The van der Waals surface area contributed by atoms with Crippen LogP contribution in [0.4, 0.5) is 0 Å². The van der Waals surface area contributed by atoms with Gasteiger partial charge in [0.15, 0.2) is 5.69 Å². The first-order valence-electron chi connectivity index (χ1n) is 17.5. The average Bonchev–Trinajstić information content (AvgIpc) is 3.78. The molecule has 1 spiro atoms. The highest BCUT2D eigenvalue weighted by molar-refractivity contribution is 5.85. The van der Waals surface area contributed by atoms with Crippen LogP contribution >= 0.6 is 12.4 Å². The third kappa shape index (κ3) is 9.40. The highest BCUT2D eigenvalue weighted by Crippen LogP contribution is 2.46. The topological polar surface area (TPSA) is 84.4 Å². The highest BCUT2D eigenvalue weighted by atomic mass is 35.5. The molecule has 0 bridgehead atoms. The molecule has 53 heavy (non-hydrogen) atoms. The number of rotatable bonds is 8. The predicted molar refractivity (Wildman–Crippen MR) is 207 cm³/mol. The number of fused-ring (bicyclic) bond motifs is 2. The fraction of sp³-hybridized carbons (Fsp3) is 0.209. The molecule has 1 N–H and O–H groups in total. The molecule has 1 saturated heterocycles. The molecule has 0 radical (unpaired) electrons. The number of para-hydroxylation sites is 2. The van der Waals surface area contributed by atoms with Crippen LogP contribution in [0.3, 0.4) is 0 Å². The molecule has 2 aliphatic rings. The molecule has 8 nitrogen and oxygen atoms in total. The van der Waals surface area contributed by atoms with Crippen LogP contribution in [0.1, 0.15) is 41.5 Å². The van der Waals surface area contributed by atoms with E-state index in [1.165, 1.54) is 16.7 Å². The van der Waals surface area contributed by atoms with Crippen molar-refractivity contribution in [2.75, 3.05) is 26.2 Å². The van der Waals surface area contributed by atoms with Crippen LogP contribution in [0.2, 0.25) is 0 Å². The molecule has 1 fully saturated rings. The molecular weight excluding hydrogens is 705 g/mol. The number of halogens is 2. The quantitative estimate of drug-likeness (QED) is 0.174. The molecule has 3 heterocycles. The van der Waals surface area contributed by atoms with Crippen molar-refractivity contribution in [1.29, 1.82) is 0 Å². The molecule has 0 aliphatic carbocycles. The molecular formula is C43H43Cl2N5O3. The lowest BCUT2D eigenvalue weighted by molar-refractivity contribution is -0.734. The molecule has 5 aromatic carbocycles. The van der Waals surface area contributed by atoms with Crippen LogP contribution in [-0.4, -0.2) is 57.2 Å². The fourth-order valence-electron chi connectivity index (χ4n) is 6.78. The van der Waals surface area contributed by atoms with E-state index in [-0.39, 0.29) is 36.6 Å². The summed E-state index contributed by atoms with van der Waals surface area (Å²) < 4.78 is 6.09. The number of ether oxygens (including phenoxy) is 1. The predicted octanol–water partition coefficient (Wildman–Crippen LogP) is 5.00. The number of carboxylic acid groups (broad SMARTS) is 1. The lowest BCUT2D eigenvalue weighted by Gasteiger charge is -2.38. The number of carboxylic acids is 1. The Balaban J connectivity index is 0.000000200. The Hall–Kier alpha value is -5.28. The van der Waals surface area contributed by atoms with Crippen molar-refractivity contribution in [3.63, 3.8) is 0 Å². The van der Waals surface area contributed by atoms with Crippen molar-refractivity contribution in [3.05, 3.63) is 156 Å². The smallest absolute Gasteiger partial charge is 0.340 e. The minimum atomic E-state index is -0.721. The summed E-state index contributed by atoms with van der Waals surface area (Å²) in [5, 5.41) is 18.3. The second-order valence-electron chi connectivity index (χ2n) is 13.2. The van der Waals surface area contributed by atoms with Gasteiger partial charge in [-0.1, -0.05) is 109 Å². The van der Waals surface area contributed by atoms with Crippen LogP contribution < -0.4 is 21.9 Å². The van der Waals surface area contributed by atoms with Crippen LogP contribution in [-0.2, 0) is 10.2 Å². The number of nitrogens with zero attached hydrogens (tertiary/aromatic N) is 5. The molecule has 8 rings (SSSR count). The minimum Gasteiger partial charge on any atom is -1.00 e. The summed E-state index contributed by atoms with van der Waals surface area (Å²) in [6, 6.07) is 45.0. The molecule has 0 unspecified atom stereocenters. The molecule has 6 aromatic rings.